The molecular weight excluding hydrogens is 451 g/mol. The molecule has 3 rings (SSSR count). The topological polar surface area (TPSA) is 88.5 Å². The van der Waals surface area contributed by atoms with Crippen LogP contribution in [0.25, 0.3) is 5.69 Å². The maximum atomic E-state index is 12.8. The highest BCUT2D eigenvalue weighted by Crippen LogP contribution is 2.30. The second kappa shape index (κ2) is 9.18. The Kier molecular flexibility index (Phi) is 6.58. The molecular formula is C20H17ClF3N5O3. The van der Waals surface area contributed by atoms with Crippen LogP contribution in [0.5, 0.6) is 5.75 Å². The highest BCUT2D eigenvalue weighted by Gasteiger charge is 2.30. The fourth-order valence-corrected chi connectivity index (χ4v) is 2.97. The molecule has 0 unspecified atom stereocenters. The van der Waals surface area contributed by atoms with E-state index in [9.17, 15) is 22.8 Å². The van der Waals surface area contributed by atoms with Gasteiger partial charge in [-0.2, -0.15) is 23.0 Å². The minimum atomic E-state index is -4.54. The highest BCUT2D eigenvalue weighted by molar-refractivity contribution is 6.33. The lowest BCUT2D eigenvalue weighted by Crippen LogP contribution is -2.43. The number of benzene rings is 2. The number of nitrogens with zero attached hydrogens (tertiary/aromatic N) is 3. The van der Waals surface area contributed by atoms with E-state index in [0.29, 0.717) is 11.4 Å². The van der Waals surface area contributed by atoms with Crippen molar-refractivity contribution in [1.82, 2.24) is 15.2 Å². The summed E-state index contributed by atoms with van der Waals surface area (Å²) in [6, 6.07) is 9.85. The molecule has 0 aliphatic carbocycles. The first-order valence-corrected chi connectivity index (χ1v) is 9.39. The molecule has 0 spiro atoms. The number of rotatable bonds is 5. The van der Waals surface area contributed by atoms with Gasteiger partial charge in [-0.05, 0) is 42.5 Å². The van der Waals surface area contributed by atoms with Crippen molar-refractivity contribution in [3.05, 3.63) is 75.7 Å². The van der Waals surface area contributed by atoms with Gasteiger partial charge in [0.05, 0.1) is 24.6 Å². The van der Waals surface area contributed by atoms with Gasteiger partial charge >= 0.3 is 12.2 Å². The van der Waals surface area contributed by atoms with Crippen molar-refractivity contribution in [2.75, 3.05) is 24.5 Å². The standard InChI is InChI=1S/C20H17ClF3N5O3/c1-28(27-19(31)26-13-5-3-4-12(10-13)20(22,23)24)16-11-25-29(18(30)17(16)21)14-6-8-15(32-2)9-7-14/h3-11H,1-2H3,(H2,26,27,31). The van der Waals surface area contributed by atoms with Crippen molar-refractivity contribution in [3.63, 3.8) is 0 Å². The van der Waals surface area contributed by atoms with E-state index in [1.54, 1.807) is 24.3 Å². The number of alkyl halides is 3. The molecule has 1 aromatic heterocycles. The third-order valence-corrected chi connectivity index (χ3v) is 4.65. The van der Waals surface area contributed by atoms with Crippen molar-refractivity contribution < 1.29 is 22.7 Å². The van der Waals surface area contributed by atoms with E-state index in [0.717, 1.165) is 21.8 Å². The third kappa shape index (κ3) is 5.11. The second-order valence-corrected chi connectivity index (χ2v) is 6.84. The van der Waals surface area contributed by atoms with Crippen molar-refractivity contribution in [2.45, 2.75) is 6.18 Å². The SMILES string of the molecule is COc1ccc(-n2ncc(N(C)NC(=O)Nc3cccc(C(F)(F)F)c3)c(Cl)c2=O)cc1. The lowest BCUT2D eigenvalue weighted by molar-refractivity contribution is -0.137. The largest absolute Gasteiger partial charge is 0.497 e. The van der Waals surface area contributed by atoms with Crippen LogP contribution in [0, 0.1) is 0 Å². The molecule has 0 fully saturated rings. The van der Waals surface area contributed by atoms with Crippen LogP contribution in [0.3, 0.4) is 0 Å². The van der Waals surface area contributed by atoms with Crippen LogP contribution in [-0.2, 0) is 6.18 Å². The summed E-state index contributed by atoms with van der Waals surface area (Å²) in [5, 5.41) is 7.24. The highest BCUT2D eigenvalue weighted by atomic mass is 35.5. The number of urea groups is 1. The first-order chi connectivity index (χ1) is 15.1. The Morgan fingerprint density at radius 3 is 2.50 bits per heavy atom. The zero-order valence-electron chi connectivity index (χ0n) is 16.8. The molecule has 12 heteroatoms. The number of hydrogen-bond acceptors (Lipinski definition) is 5. The van der Waals surface area contributed by atoms with Crippen LogP contribution < -0.4 is 26.0 Å². The fourth-order valence-electron chi connectivity index (χ4n) is 2.71. The quantitative estimate of drug-likeness (QED) is 0.552. The molecule has 0 aliphatic rings. The molecule has 0 aliphatic heterocycles. The summed E-state index contributed by atoms with van der Waals surface area (Å²) in [7, 11) is 2.91. The Bertz CT molecular complexity index is 1180. The van der Waals surface area contributed by atoms with Gasteiger partial charge in [-0.1, -0.05) is 17.7 Å². The van der Waals surface area contributed by atoms with Gasteiger partial charge in [0.15, 0.2) is 0 Å². The lowest BCUT2D eigenvalue weighted by Gasteiger charge is -2.21. The average Bonchev–Trinajstić information content (AvgIpc) is 2.75. The van der Waals surface area contributed by atoms with Gasteiger partial charge in [-0.25, -0.2) is 10.2 Å². The van der Waals surface area contributed by atoms with Crippen LogP contribution in [0.4, 0.5) is 29.3 Å². The average molecular weight is 468 g/mol. The van der Waals surface area contributed by atoms with Crippen LogP contribution in [0.2, 0.25) is 5.02 Å². The van der Waals surface area contributed by atoms with E-state index in [4.69, 9.17) is 16.3 Å². The molecule has 0 saturated carbocycles. The molecule has 0 atom stereocenters. The Morgan fingerprint density at radius 1 is 1.19 bits per heavy atom. The van der Waals surface area contributed by atoms with Crippen LogP contribution >= 0.6 is 11.6 Å². The summed E-state index contributed by atoms with van der Waals surface area (Å²) in [4.78, 5) is 24.8. The molecule has 32 heavy (non-hydrogen) atoms. The predicted octanol–water partition coefficient (Wildman–Crippen LogP) is 4.09. The molecule has 2 aromatic carbocycles. The van der Waals surface area contributed by atoms with Gasteiger partial charge in [0.1, 0.15) is 16.5 Å². The van der Waals surface area contributed by atoms with E-state index in [-0.39, 0.29) is 16.4 Å². The molecule has 2 amide bonds. The maximum absolute atomic E-state index is 12.8. The zero-order chi connectivity index (χ0) is 23.5. The first-order valence-electron chi connectivity index (χ1n) is 9.01. The summed E-state index contributed by atoms with van der Waals surface area (Å²) in [6.45, 7) is 0. The van der Waals surface area contributed by atoms with Crippen molar-refractivity contribution in [1.29, 1.82) is 0 Å². The normalized spacial score (nSPS) is 11.1. The van der Waals surface area contributed by atoms with E-state index in [2.05, 4.69) is 15.8 Å². The number of amides is 2. The Labute approximate surface area is 185 Å². The minimum Gasteiger partial charge on any atom is -0.497 e. The van der Waals surface area contributed by atoms with Crippen LogP contribution in [0.1, 0.15) is 5.56 Å². The molecule has 1 heterocycles. The monoisotopic (exact) mass is 467 g/mol. The second-order valence-electron chi connectivity index (χ2n) is 6.46. The molecule has 0 bridgehead atoms. The van der Waals surface area contributed by atoms with Gasteiger partial charge in [0.2, 0.25) is 0 Å². The summed E-state index contributed by atoms with van der Waals surface area (Å²) < 4.78 is 44.6. The van der Waals surface area contributed by atoms with Crippen LogP contribution in [-0.4, -0.2) is 30.0 Å². The number of ether oxygens (including phenoxy) is 1. The van der Waals surface area contributed by atoms with Gasteiger partial charge in [0.25, 0.3) is 5.56 Å². The summed E-state index contributed by atoms with van der Waals surface area (Å²) in [6.07, 6.45) is -3.28. The Morgan fingerprint density at radius 2 is 1.88 bits per heavy atom. The predicted molar refractivity (Wildman–Crippen MR) is 113 cm³/mol. The number of carbonyl (C=O) groups is 1. The number of methoxy groups -OCH3 is 1. The Hall–Kier alpha value is -3.73. The third-order valence-electron chi connectivity index (χ3n) is 4.30. The van der Waals surface area contributed by atoms with Crippen molar-refractivity contribution in [2.24, 2.45) is 0 Å². The van der Waals surface area contributed by atoms with Crippen LogP contribution in [0.15, 0.2) is 59.5 Å². The molecule has 0 radical (unpaired) electrons. The number of halogens is 4. The summed E-state index contributed by atoms with van der Waals surface area (Å²) in [5.41, 5.74) is 1.28. The van der Waals surface area contributed by atoms with E-state index in [1.807, 2.05) is 0 Å². The Balaban J connectivity index is 1.75. The van der Waals surface area contributed by atoms with Gasteiger partial charge in [-0.3, -0.25) is 9.80 Å². The van der Waals surface area contributed by atoms with Gasteiger partial charge < -0.3 is 10.1 Å². The molecule has 0 saturated heterocycles. The smallest absolute Gasteiger partial charge is 0.416 e. The number of hydrogen-bond donors (Lipinski definition) is 2. The molecule has 3 aromatic rings. The lowest BCUT2D eigenvalue weighted by atomic mass is 10.2. The van der Waals surface area contributed by atoms with Gasteiger partial charge in [0, 0.05) is 12.7 Å². The van der Waals surface area contributed by atoms with Gasteiger partial charge in [-0.15, -0.1) is 0 Å². The summed E-state index contributed by atoms with van der Waals surface area (Å²) >= 11 is 6.18. The van der Waals surface area contributed by atoms with Crippen molar-refractivity contribution >= 4 is 29.0 Å². The number of carbonyl (C=O) groups excluding carboxylic acids is 1. The zero-order valence-corrected chi connectivity index (χ0v) is 17.5. The van der Waals surface area contributed by atoms with E-state index < -0.39 is 23.3 Å². The maximum Gasteiger partial charge on any atom is 0.416 e. The molecule has 168 valence electrons. The fraction of sp³-hybridized carbons (Fsp3) is 0.150. The van der Waals surface area contributed by atoms with Crippen molar-refractivity contribution in [3.8, 4) is 11.4 Å². The number of nitrogens with one attached hydrogen (secondary N) is 2. The molecule has 2 N–H and O–H groups in total. The number of anilines is 2. The number of hydrazine groups is 1. The first kappa shape index (κ1) is 22.9. The number of aromatic nitrogens is 2. The summed E-state index contributed by atoms with van der Waals surface area (Å²) in [5.74, 6) is 0.597. The van der Waals surface area contributed by atoms with E-state index >= 15 is 0 Å². The minimum absolute atomic E-state index is 0.0649. The van der Waals surface area contributed by atoms with E-state index in [1.165, 1.54) is 32.5 Å². The molecule has 8 nitrogen and oxygen atoms in total.